The summed E-state index contributed by atoms with van der Waals surface area (Å²) in [5.74, 6) is 0.103. The number of nitrogens with one attached hydrogen (secondary N) is 2. The molecule has 1 aliphatic heterocycles. The maximum Gasteiger partial charge on any atom is 0.234 e. The Kier molecular flexibility index (Phi) is 6.42. The molecule has 1 aliphatic rings. The van der Waals surface area contributed by atoms with Crippen LogP contribution in [-0.4, -0.2) is 49.6 Å². The van der Waals surface area contributed by atoms with Gasteiger partial charge in [0.05, 0.1) is 6.54 Å². The van der Waals surface area contributed by atoms with Gasteiger partial charge in [0.2, 0.25) is 5.91 Å². The molecule has 16 heavy (non-hydrogen) atoms. The van der Waals surface area contributed by atoms with Crippen molar-refractivity contribution in [2.24, 2.45) is 0 Å². The van der Waals surface area contributed by atoms with Gasteiger partial charge >= 0.3 is 0 Å². The van der Waals surface area contributed by atoms with Gasteiger partial charge in [0.15, 0.2) is 0 Å². The number of piperidine rings is 1. The van der Waals surface area contributed by atoms with E-state index >= 15 is 0 Å². The number of likely N-dealkylation sites (tertiary alicyclic amines) is 1. The largest absolute Gasteiger partial charge is 0.354 e. The van der Waals surface area contributed by atoms with Crippen LogP contribution in [-0.2, 0) is 4.79 Å². The van der Waals surface area contributed by atoms with E-state index in [9.17, 15) is 4.79 Å². The minimum atomic E-state index is 0.103. The molecule has 0 aromatic heterocycles. The molecule has 94 valence electrons. The number of amides is 1. The molecule has 0 aliphatic carbocycles. The lowest BCUT2D eigenvalue weighted by Crippen LogP contribution is -2.41. The Bertz CT molecular complexity index is 200. The summed E-state index contributed by atoms with van der Waals surface area (Å²) in [6.45, 7) is 8.67. The lowest BCUT2D eigenvalue weighted by molar-refractivity contribution is -0.120. The fraction of sp³-hybridized carbons (Fsp3) is 0.917. The van der Waals surface area contributed by atoms with Crippen molar-refractivity contribution in [3.05, 3.63) is 0 Å². The van der Waals surface area contributed by atoms with Gasteiger partial charge < -0.3 is 15.5 Å². The summed E-state index contributed by atoms with van der Waals surface area (Å²) in [7, 11) is 0. The van der Waals surface area contributed by atoms with Crippen molar-refractivity contribution < 1.29 is 4.79 Å². The van der Waals surface area contributed by atoms with Gasteiger partial charge in [-0.1, -0.05) is 20.3 Å². The molecular weight excluding hydrogens is 202 g/mol. The van der Waals surface area contributed by atoms with Gasteiger partial charge in [0.25, 0.3) is 0 Å². The number of rotatable bonds is 6. The predicted molar refractivity (Wildman–Crippen MR) is 66.4 cm³/mol. The fourth-order valence-electron chi connectivity index (χ4n) is 1.90. The number of carbonyl (C=O) groups excluding carboxylic acids is 1. The maximum absolute atomic E-state index is 11.4. The zero-order valence-corrected chi connectivity index (χ0v) is 10.6. The predicted octanol–water partition coefficient (Wildman–Crippen LogP) is 0.587. The molecule has 2 N–H and O–H groups in total. The molecule has 4 nitrogen and oxygen atoms in total. The SMILES string of the molecule is CC(C)NCC(=O)NCCN1CCCCC1. The molecule has 0 radical (unpaired) electrons. The van der Waals surface area contributed by atoms with Crippen LogP contribution in [0.25, 0.3) is 0 Å². The highest BCUT2D eigenvalue weighted by Gasteiger charge is 2.09. The third kappa shape index (κ3) is 6.08. The van der Waals surface area contributed by atoms with E-state index in [2.05, 4.69) is 15.5 Å². The molecule has 0 aromatic carbocycles. The third-order valence-corrected chi connectivity index (χ3v) is 2.87. The Balaban J connectivity index is 1.99. The van der Waals surface area contributed by atoms with Crippen molar-refractivity contribution in [1.82, 2.24) is 15.5 Å². The molecule has 0 saturated carbocycles. The van der Waals surface area contributed by atoms with Crippen molar-refractivity contribution >= 4 is 5.91 Å². The van der Waals surface area contributed by atoms with E-state index in [0.29, 0.717) is 12.6 Å². The Labute approximate surface area is 98.8 Å². The molecular formula is C12H25N3O. The molecule has 0 spiro atoms. The number of carbonyl (C=O) groups is 1. The van der Waals surface area contributed by atoms with Gasteiger partial charge in [0.1, 0.15) is 0 Å². The molecule has 1 amide bonds. The van der Waals surface area contributed by atoms with Crippen LogP contribution in [0, 0.1) is 0 Å². The quantitative estimate of drug-likeness (QED) is 0.698. The summed E-state index contributed by atoms with van der Waals surface area (Å²) in [4.78, 5) is 13.8. The van der Waals surface area contributed by atoms with E-state index in [1.54, 1.807) is 0 Å². The fourth-order valence-corrected chi connectivity index (χ4v) is 1.90. The van der Waals surface area contributed by atoms with Gasteiger partial charge in [-0.2, -0.15) is 0 Å². The van der Waals surface area contributed by atoms with Crippen LogP contribution in [0.3, 0.4) is 0 Å². The lowest BCUT2D eigenvalue weighted by atomic mass is 10.1. The van der Waals surface area contributed by atoms with Crippen molar-refractivity contribution in [3.63, 3.8) is 0 Å². The highest BCUT2D eigenvalue weighted by atomic mass is 16.1. The van der Waals surface area contributed by atoms with E-state index in [0.717, 1.165) is 13.1 Å². The monoisotopic (exact) mass is 227 g/mol. The van der Waals surface area contributed by atoms with Crippen molar-refractivity contribution in [2.75, 3.05) is 32.7 Å². The number of hydrogen-bond donors (Lipinski definition) is 2. The van der Waals surface area contributed by atoms with Crippen molar-refractivity contribution in [1.29, 1.82) is 0 Å². The summed E-state index contributed by atoms with van der Waals surface area (Å²) in [5, 5.41) is 6.05. The van der Waals surface area contributed by atoms with Crippen LogP contribution in [0.15, 0.2) is 0 Å². The lowest BCUT2D eigenvalue weighted by Gasteiger charge is -2.26. The van der Waals surface area contributed by atoms with Crippen molar-refractivity contribution in [3.8, 4) is 0 Å². The summed E-state index contributed by atoms with van der Waals surface area (Å²) >= 11 is 0. The second-order valence-corrected chi connectivity index (χ2v) is 4.79. The first-order chi connectivity index (χ1) is 7.68. The first-order valence-corrected chi connectivity index (χ1v) is 6.41. The van der Waals surface area contributed by atoms with Gasteiger partial charge in [0, 0.05) is 19.1 Å². The zero-order chi connectivity index (χ0) is 11.8. The van der Waals surface area contributed by atoms with E-state index < -0.39 is 0 Å². The van der Waals surface area contributed by atoms with Crippen LogP contribution >= 0.6 is 0 Å². The van der Waals surface area contributed by atoms with Crippen LogP contribution < -0.4 is 10.6 Å². The van der Waals surface area contributed by atoms with Crippen LogP contribution in [0.2, 0.25) is 0 Å². The molecule has 0 aromatic rings. The first kappa shape index (κ1) is 13.5. The molecule has 1 fully saturated rings. The summed E-state index contributed by atoms with van der Waals surface area (Å²) < 4.78 is 0. The Morgan fingerprint density at radius 3 is 2.56 bits per heavy atom. The summed E-state index contributed by atoms with van der Waals surface area (Å²) in [6, 6.07) is 0.368. The number of hydrogen-bond acceptors (Lipinski definition) is 3. The van der Waals surface area contributed by atoms with E-state index in [-0.39, 0.29) is 5.91 Å². The average Bonchev–Trinajstić information content (AvgIpc) is 2.28. The smallest absolute Gasteiger partial charge is 0.234 e. The standard InChI is InChI=1S/C12H25N3O/c1-11(2)14-10-12(16)13-6-9-15-7-4-3-5-8-15/h11,14H,3-10H2,1-2H3,(H,13,16). The molecule has 1 saturated heterocycles. The Hall–Kier alpha value is -0.610. The highest BCUT2D eigenvalue weighted by Crippen LogP contribution is 2.07. The van der Waals surface area contributed by atoms with E-state index in [4.69, 9.17) is 0 Å². The normalized spacial score (nSPS) is 17.7. The minimum Gasteiger partial charge on any atom is -0.354 e. The van der Waals surface area contributed by atoms with Gasteiger partial charge in [-0.15, -0.1) is 0 Å². The van der Waals surface area contributed by atoms with Crippen LogP contribution in [0.5, 0.6) is 0 Å². The Morgan fingerprint density at radius 1 is 1.25 bits per heavy atom. The van der Waals surface area contributed by atoms with Crippen LogP contribution in [0.1, 0.15) is 33.1 Å². The van der Waals surface area contributed by atoms with E-state index in [1.165, 1.54) is 32.4 Å². The van der Waals surface area contributed by atoms with Gasteiger partial charge in [-0.3, -0.25) is 4.79 Å². The topological polar surface area (TPSA) is 44.4 Å². The number of nitrogens with zero attached hydrogens (tertiary/aromatic N) is 1. The molecule has 1 rings (SSSR count). The molecule has 4 heteroatoms. The average molecular weight is 227 g/mol. The van der Waals surface area contributed by atoms with Crippen molar-refractivity contribution in [2.45, 2.75) is 39.2 Å². The second-order valence-electron chi connectivity index (χ2n) is 4.79. The van der Waals surface area contributed by atoms with Gasteiger partial charge in [-0.25, -0.2) is 0 Å². The summed E-state index contributed by atoms with van der Waals surface area (Å²) in [5.41, 5.74) is 0. The minimum absolute atomic E-state index is 0.103. The second kappa shape index (κ2) is 7.63. The van der Waals surface area contributed by atoms with Crippen LogP contribution in [0.4, 0.5) is 0 Å². The molecule has 1 heterocycles. The molecule has 0 atom stereocenters. The highest BCUT2D eigenvalue weighted by molar-refractivity contribution is 5.77. The summed E-state index contributed by atoms with van der Waals surface area (Å²) in [6.07, 6.45) is 3.98. The first-order valence-electron chi connectivity index (χ1n) is 6.41. The van der Waals surface area contributed by atoms with E-state index in [1.807, 2.05) is 13.8 Å². The molecule has 0 unspecified atom stereocenters. The van der Waals surface area contributed by atoms with Gasteiger partial charge in [-0.05, 0) is 25.9 Å². The maximum atomic E-state index is 11.4. The zero-order valence-electron chi connectivity index (χ0n) is 10.6. The molecule has 0 bridgehead atoms. The Morgan fingerprint density at radius 2 is 1.94 bits per heavy atom. The third-order valence-electron chi connectivity index (χ3n) is 2.87.